The number of aromatic nitrogens is 2. The summed E-state index contributed by atoms with van der Waals surface area (Å²) in [6, 6.07) is 14.8. The van der Waals surface area contributed by atoms with E-state index in [-0.39, 0.29) is 5.75 Å². The van der Waals surface area contributed by atoms with Crippen molar-refractivity contribution in [2.45, 2.75) is 6.92 Å². The van der Waals surface area contributed by atoms with Gasteiger partial charge >= 0.3 is 0 Å². The van der Waals surface area contributed by atoms with Crippen LogP contribution < -0.4 is 24.3 Å². The lowest BCUT2D eigenvalue weighted by atomic mass is 10.1. The van der Waals surface area contributed by atoms with E-state index in [1.54, 1.807) is 33.5 Å². The molecule has 2 aromatic carbocycles. The van der Waals surface area contributed by atoms with Crippen molar-refractivity contribution in [3.63, 3.8) is 0 Å². The van der Waals surface area contributed by atoms with Gasteiger partial charge in [0.05, 0.1) is 28.4 Å². The second-order valence-corrected chi connectivity index (χ2v) is 7.10. The number of rotatable bonds is 7. The van der Waals surface area contributed by atoms with Crippen LogP contribution in [0.4, 0.5) is 11.5 Å². The zero-order valence-electron chi connectivity index (χ0n) is 18.6. The van der Waals surface area contributed by atoms with Gasteiger partial charge < -0.3 is 29.4 Å². The van der Waals surface area contributed by atoms with Gasteiger partial charge in [-0.1, -0.05) is 6.07 Å². The molecular weight excluding hydrogens is 410 g/mol. The molecule has 0 fully saturated rings. The second-order valence-electron chi connectivity index (χ2n) is 7.10. The average molecular weight is 435 g/mol. The molecule has 166 valence electrons. The monoisotopic (exact) mass is 435 g/mol. The van der Waals surface area contributed by atoms with Crippen molar-refractivity contribution in [3.8, 4) is 40.0 Å². The molecule has 2 heterocycles. The molecule has 0 aliphatic heterocycles. The Morgan fingerprint density at radius 2 is 1.53 bits per heavy atom. The van der Waals surface area contributed by atoms with Crippen LogP contribution in [0.2, 0.25) is 0 Å². The van der Waals surface area contributed by atoms with E-state index in [4.69, 9.17) is 23.9 Å². The van der Waals surface area contributed by atoms with Gasteiger partial charge in [0.25, 0.3) is 0 Å². The van der Waals surface area contributed by atoms with Crippen molar-refractivity contribution in [1.29, 1.82) is 0 Å². The van der Waals surface area contributed by atoms with E-state index < -0.39 is 0 Å². The van der Waals surface area contributed by atoms with Crippen LogP contribution in [0, 0.1) is 6.92 Å². The maximum atomic E-state index is 10.3. The van der Waals surface area contributed by atoms with Gasteiger partial charge in [-0.05, 0) is 37.3 Å². The molecule has 8 nitrogen and oxygen atoms in total. The van der Waals surface area contributed by atoms with E-state index in [9.17, 15) is 5.11 Å². The van der Waals surface area contributed by atoms with Crippen LogP contribution in [-0.2, 0) is 0 Å². The van der Waals surface area contributed by atoms with Crippen molar-refractivity contribution in [1.82, 2.24) is 9.38 Å². The third kappa shape index (κ3) is 3.60. The van der Waals surface area contributed by atoms with Crippen LogP contribution in [0.1, 0.15) is 5.69 Å². The summed E-state index contributed by atoms with van der Waals surface area (Å²) in [5, 5.41) is 13.8. The summed E-state index contributed by atoms with van der Waals surface area (Å²) in [6.45, 7) is 2.00. The van der Waals surface area contributed by atoms with Crippen LogP contribution in [0.3, 0.4) is 0 Å². The SMILES string of the molecule is COc1ccc(-c2nc3cccc(C)n3c2Nc2cc(OC)c(OC)c(OC)c2)cc1O. The molecule has 0 saturated carbocycles. The van der Waals surface area contributed by atoms with Crippen molar-refractivity contribution in [3.05, 3.63) is 54.2 Å². The van der Waals surface area contributed by atoms with Crippen LogP contribution in [0.25, 0.3) is 16.9 Å². The standard InChI is InChI=1S/C24H25N3O5/c1-14-7-6-8-21-26-22(15-9-10-18(29-2)17(28)11-15)24(27(14)21)25-16-12-19(30-3)23(32-5)20(13-16)31-4/h6-13,25,28H,1-5H3. The summed E-state index contributed by atoms with van der Waals surface area (Å²) >= 11 is 0. The minimum atomic E-state index is 0.0394. The Bertz CT molecular complexity index is 1260. The summed E-state index contributed by atoms with van der Waals surface area (Å²) in [5.74, 6) is 2.74. The lowest BCUT2D eigenvalue weighted by Crippen LogP contribution is -2.01. The number of imidazole rings is 1. The maximum absolute atomic E-state index is 10.3. The van der Waals surface area contributed by atoms with E-state index in [1.165, 1.54) is 7.11 Å². The van der Waals surface area contributed by atoms with Gasteiger partial charge in [-0.25, -0.2) is 4.98 Å². The Hall–Kier alpha value is -4.07. The third-order valence-corrected chi connectivity index (χ3v) is 5.22. The lowest BCUT2D eigenvalue weighted by Gasteiger charge is -2.16. The zero-order valence-corrected chi connectivity index (χ0v) is 18.6. The van der Waals surface area contributed by atoms with E-state index in [0.29, 0.717) is 28.7 Å². The summed E-state index contributed by atoms with van der Waals surface area (Å²) in [7, 11) is 6.23. The minimum absolute atomic E-state index is 0.0394. The first-order chi connectivity index (χ1) is 15.5. The number of aryl methyl sites for hydroxylation is 1. The predicted molar refractivity (Wildman–Crippen MR) is 123 cm³/mol. The lowest BCUT2D eigenvalue weighted by molar-refractivity contribution is 0.324. The van der Waals surface area contributed by atoms with Crippen molar-refractivity contribution in [2.75, 3.05) is 33.8 Å². The number of phenolic OH excluding ortho intramolecular Hbond substituents is 1. The highest BCUT2D eigenvalue weighted by atomic mass is 16.5. The molecule has 0 unspecified atom stereocenters. The highest BCUT2D eigenvalue weighted by molar-refractivity contribution is 5.82. The van der Waals surface area contributed by atoms with Gasteiger partial charge in [0.1, 0.15) is 17.2 Å². The molecule has 0 bridgehead atoms. The van der Waals surface area contributed by atoms with Crippen molar-refractivity contribution < 1.29 is 24.1 Å². The first-order valence-electron chi connectivity index (χ1n) is 9.93. The number of benzene rings is 2. The molecule has 0 amide bonds. The maximum Gasteiger partial charge on any atom is 0.203 e. The molecule has 32 heavy (non-hydrogen) atoms. The molecule has 4 rings (SSSR count). The van der Waals surface area contributed by atoms with Gasteiger partial charge in [0.15, 0.2) is 23.0 Å². The Balaban J connectivity index is 1.91. The number of nitrogens with one attached hydrogen (secondary N) is 1. The topological polar surface area (TPSA) is 86.5 Å². The quantitative estimate of drug-likeness (QED) is 0.431. The van der Waals surface area contributed by atoms with E-state index in [1.807, 2.05) is 47.7 Å². The van der Waals surface area contributed by atoms with Crippen LogP contribution in [-0.4, -0.2) is 42.9 Å². The largest absolute Gasteiger partial charge is 0.504 e. The Labute approximate surface area is 186 Å². The zero-order chi connectivity index (χ0) is 22.8. The molecule has 0 radical (unpaired) electrons. The number of nitrogens with zero attached hydrogens (tertiary/aromatic N) is 2. The van der Waals surface area contributed by atoms with E-state index in [0.717, 1.165) is 28.4 Å². The average Bonchev–Trinajstić information content (AvgIpc) is 3.17. The summed E-state index contributed by atoms with van der Waals surface area (Å²) in [4.78, 5) is 4.82. The van der Waals surface area contributed by atoms with Crippen LogP contribution in [0.5, 0.6) is 28.7 Å². The number of fused-ring (bicyclic) bond motifs is 1. The fourth-order valence-corrected chi connectivity index (χ4v) is 3.70. The minimum Gasteiger partial charge on any atom is -0.504 e. The highest BCUT2D eigenvalue weighted by Gasteiger charge is 2.19. The van der Waals surface area contributed by atoms with Gasteiger partial charge in [0, 0.05) is 29.1 Å². The van der Waals surface area contributed by atoms with E-state index in [2.05, 4.69) is 5.32 Å². The number of hydrogen-bond acceptors (Lipinski definition) is 7. The number of methoxy groups -OCH3 is 4. The Morgan fingerprint density at radius 3 is 2.12 bits per heavy atom. The highest BCUT2D eigenvalue weighted by Crippen LogP contribution is 2.42. The predicted octanol–water partition coefficient (Wildman–Crippen LogP) is 4.79. The molecule has 0 aliphatic rings. The number of pyridine rings is 1. The fraction of sp³-hybridized carbons (Fsp3) is 0.208. The first kappa shape index (κ1) is 21.2. The molecule has 0 saturated heterocycles. The van der Waals surface area contributed by atoms with Gasteiger partial charge in [-0.3, -0.25) is 4.40 Å². The smallest absolute Gasteiger partial charge is 0.203 e. The second kappa shape index (κ2) is 8.58. The number of aromatic hydroxyl groups is 1. The molecule has 0 atom stereocenters. The molecule has 2 N–H and O–H groups in total. The van der Waals surface area contributed by atoms with E-state index >= 15 is 0 Å². The summed E-state index contributed by atoms with van der Waals surface area (Å²) < 4.78 is 23.6. The molecule has 4 aromatic rings. The van der Waals surface area contributed by atoms with Gasteiger partial charge in [-0.15, -0.1) is 0 Å². The normalized spacial score (nSPS) is 10.8. The number of anilines is 2. The molecular formula is C24H25N3O5. The molecule has 8 heteroatoms. The summed E-state index contributed by atoms with van der Waals surface area (Å²) in [6.07, 6.45) is 0. The number of phenols is 1. The Kier molecular flexibility index (Phi) is 5.68. The van der Waals surface area contributed by atoms with Gasteiger partial charge in [-0.2, -0.15) is 0 Å². The molecule has 2 aromatic heterocycles. The molecule has 0 spiro atoms. The third-order valence-electron chi connectivity index (χ3n) is 5.22. The van der Waals surface area contributed by atoms with Crippen molar-refractivity contribution >= 4 is 17.2 Å². The number of ether oxygens (including phenoxy) is 4. The van der Waals surface area contributed by atoms with Crippen molar-refractivity contribution in [2.24, 2.45) is 0 Å². The first-order valence-corrected chi connectivity index (χ1v) is 9.93. The fourth-order valence-electron chi connectivity index (χ4n) is 3.70. The van der Waals surface area contributed by atoms with Crippen LogP contribution in [0.15, 0.2) is 48.5 Å². The summed E-state index contributed by atoms with van der Waals surface area (Å²) in [5.41, 5.74) is 3.90. The van der Waals surface area contributed by atoms with Crippen LogP contribution >= 0.6 is 0 Å². The van der Waals surface area contributed by atoms with Gasteiger partial charge in [0.2, 0.25) is 5.75 Å². The molecule has 0 aliphatic carbocycles. The Morgan fingerprint density at radius 1 is 0.844 bits per heavy atom. The number of hydrogen-bond donors (Lipinski definition) is 2.